The van der Waals surface area contributed by atoms with Gasteiger partial charge in [-0.3, -0.25) is 9.48 Å². The number of thiophene rings is 1. The van der Waals surface area contributed by atoms with Crippen molar-refractivity contribution in [2.45, 2.75) is 44.8 Å². The van der Waals surface area contributed by atoms with E-state index >= 15 is 0 Å². The lowest BCUT2D eigenvalue weighted by molar-refractivity contribution is -0.142. The van der Waals surface area contributed by atoms with Gasteiger partial charge in [-0.2, -0.15) is 18.3 Å². The first kappa shape index (κ1) is 24.2. The number of carbonyl (C=O) groups excluding carboxylic acids is 3. The summed E-state index contributed by atoms with van der Waals surface area (Å²) in [6, 6.07) is 0. The van der Waals surface area contributed by atoms with Crippen molar-refractivity contribution in [3.63, 3.8) is 0 Å². The predicted molar refractivity (Wildman–Crippen MR) is 112 cm³/mol. The molecule has 1 saturated carbocycles. The summed E-state index contributed by atoms with van der Waals surface area (Å²) in [6.45, 7) is 1.43. The average Bonchev–Trinajstić information content (AvgIpc) is 3.43. The molecular formula is C19H19BrF3N3O5S. The highest BCUT2D eigenvalue weighted by molar-refractivity contribution is 9.10. The largest absolute Gasteiger partial charge is 0.465 e. The Hall–Kier alpha value is -2.41. The molecule has 0 unspecified atom stereocenters. The molecule has 1 aliphatic carbocycles. The number of esters is 2. The van der Waals surface area contributed by atoms with Gasteiger partial charge in [0.25, 0.3) is 0 Å². The lowest BCUT2D eigenvalue weighted by atomic mass is 10.1. The minimum atomic E-state index is -4.62. The standard InChI is InChI=1S/C19H19BrF3N3O5S/c1-8-11(17(28)30-2)16(32-14(8)18(29)31-3)24-10(27)6-7-26-13(9-4-5-9)12(20)15(25-26)19(21,22)23/h9H,4-7H2,1-3H3,(H,24,27). The van der Waals surface area contributed by atoms with Gasteiger partial charge in [-0.05, 0) is 41.3 Å². The molecule has 174 valence electrons. The minimum Gasteiger partial charge on any atom is -0.465 e. The van der Waals surface area contributed by atoms with E-state index in [2.05, 4.69) is 26.3 Å². The summed E-state index contributed by atoms with van der Waals surface area (Å²) < 4.78 is 50.2. The van der Waals surface area contributed by atoms with Crippen LogP contribution in [-0.2, 0) is 27.0 Å². The number of hydrogen-bond acceptors (Lipinski definition) is 7. The summed E-state index contributed by atoms with van der Waals surface area (Å²) in [5, 5.41) is 6.31. The van der Waals surface area contributed by atoms with Gasteiger partial charge >= 0.3 is 18.1 Å². The minimum absolute atomic E-state index is 0.0195. The topological polar surface area (TPSA) is 99.5 Å². The fourth-order valence-electron chi connectivity index (χ4n) is 3.18. The predicted octanol–water partition coefficient (Wildman–Crippen LogP) is 4.51. The Labute approximate surface area is 193 Å². The molecule has 1 amide bonds. The van der Waals surface area contributed by atoms with Gasteiger partial charge in [-0.15, -0.1) is 11.3 Å². The van der Waals surface area contributed by atoms with Crippen LogP contribution in [-0.4, -0.2) is 41.8 Å². The van der Waals surface area contributed by atoms with Crippen LogP contribution in [0, 0.1) is 6.92 Å². The third-order valence-corrected chi connectivity index (χ3v) is 6.84. The monoisotopic (exact) mass is 537 g/mol. The second-order valence-electron chi connectivity index (χ2n) is 7.08. The van der Waals surface area contributed by atoms with E-state index in [0.717, 1.165) is 31.3 Å². The molecule has 13 heteroatoms. The quantitative estimate of drug-likeness (QED) is 0.521. The number of carbonyl (C=O) groups is 3. The highest BCUT2D eigenvalue weighted by atomic mass is 79.9. The maximum atomic E-state index is 13.2. The molecule has 2 heterocycles. The smallest absolute Gasteiger partial charge is 0.436 e. The zero-order valence-electron chi connectivity index (χ0n) is 17.3. The summed E-state index contributed by atoms with van der Waals surface area (Å²) >= 11 is 3.86. The van der Waals surface area contributed by atoms with Gasteiger partial charge in [0.2, 0.25) is 5.91 Å². The molecule has 3 rings (SSSR count). The molecule has 32 heavy (non-hydrogen) atoms. The van der Waals surface area contributed by atoms with Crippen LogP contribution in [0.5, 0.6) is 0 Å². The van der Waals surface area contributed by atoms with Crippen molar-refractivity contribution in [2.24, 2.45) is 0 Å². The Morgan fingerprint density at radius 1 is 1.22 bits per heavy atom. The lowest BCUT2D eigenvalue weighted by Gasteiger charge is -2.08. The third kappa shape index (κ3) is 4.82. The highest BCUT2D eigenvalue weighted by Crippen LogP contribution is 2.47. The van der Waals surface area contributed by atoms with Crippen LogP contribution in [0.4, 0.5) is 18.2 Å². The van der Waals surface area contributed by atoms with E-state index in [1.54, 1.807) is 0 Å². The van der Waals surface area contributed by atoms with Gasteiger partial charge in [0.1, 0.15) is 9.88 Å². The first-order valence-corrected chi connectivity index (χ1v) is 11.0. The van der Waals surface area contributed by atoms with Gasteiger partial charge in [0.15, 0.2) is 5.69 Å². The molecule has 1 N–H and O–H groups in total. The average molecular weight is 538 g/mol. The second-order valence-corrected chi connectivity index (χ2v) is 8.90. The van der Waals surface area contributed by atoms with E-state index in [9.17, 15) is 27.6 Å². The van der Waals surface area contributed by atoms with Crippen molar-refractivity contribution in [1.82, 2.24) is 9.78 Å². The van der Waals surface area contributed by atoms with Crippen molar-refractivity contribution in [1.29, 1.82) is 0 Å². The summed E-state index contributed by atoms with van der Waals surface area (Å²) in [6.07, 6.45) is -3.32. The van der Waals surface area contributed by atoms with Crippen LogP contribution in [0.1, 0.15) is 62.2 Å². The Bertz CT molecular complexity index is 1080. The first-order valence-electron chi connectivity index (χ1n) is 9.42. The summed E-state index contributed by atoms with van der Waals surface area (Å²) in [5.41, 5.74) is -0.290. The van der Waals surface area contributed by atoms with Crippen molar-refractivity contribution < 1.29 is 37.0 Å². The van der Waals surface area contributed by atoms with Gasteiger partial charge in [0.05, 0.1) is 36.5 Å². The van der Waals surface area contributed by atoms with Crippen LogP contribution in [0.3, 0.4) is 0 Å². The number of nitrogens with zero attached hydrogens (tertiary/aromatic N) is 2. The normalized spacial score (nSPS) is 13.7. The molecule has 0 bridgehead atoms. The SMILES string of the molecule is COC(=O)c1sc(NC(=O)CCn2nc(C(F)(F)F)c(Br)c2C2CC2)c(C(=O)OC)c1C. The van der Waals surface area contributed by atoms with Crippen LogP contribution in [0.2, 0.25) is 0 Å². The molecule has 0 aliphatic heterocycles. The van der Waals surface area contributed by atoms with Crippen molar-refractivity contribution >= 4 is 50.1 Å². The summed E-state index contributed by atoms with van der Waals surface area (Å²) in [7, 11) is 2.35. The number of amides is 1. The van der Waals surface area contributed by atoms with Gasteiger partial charge in [-0.25, -0.2) is 9.59 Å². The summed E-state index contributed by atoms with van der Waals surface area (Å²) in [4.78, 5) is 36.8. The van der Waals surface area contributed by atoms with E-state index in [1.807, 2.05) is 0 Å². The van der Waals surface area contributed by atoms with Crippen LogP contribution in [0.25, 0.3) is 0 Å². The van der Waals surface area contributed by atoms with E-state index in [0.29, 0.717) is 11.3 Å². The molecule has 0 aromatic carbocycles. The molecule has 2 aromatic rings. The maximum Gasteiger partial charge on any atom is 0.436 e. The fraction of sp³-hybridized carbons (Fsp3) is 0.474. The number of alkyl halides is 3. The third-order valence-electron chi connectivity index (χ3n) is 4.87. The number of rotatable bonds is 7. The Balaban J connectivity index is 1.80. The number of ether oxygens (including phenoxy) is 2. The second kappa shape index (κ2) is 9.22. The van der Waals surface area contributed by atoms with Crippen LogP contribution in [0.15, 0.2) is 4.47 Å². The number of aromatic nitrogens is 2. The highest BCUT2D eigenvalue weighted by Gasteiger charge is 2.41. The number of methoxy groups -OCH3 is 2. The number of nitrogens with one attached hydrogen (secondary N) is 1. The number of anilines is 1. The van der Waals surface area contributed by atoms with Crippen molar-refractivity contribution in [2.75, 3.05) is 19.5 Å². The van der Waals surface area contributed by atoms with Crippen LogP contribution < -0.4 is 5.32 Å². The lowest BCUT2D eigenvalue weighted by Crippen LogP contribution is -2.17. The molecule has 8 nitrogen and oxygen atoms in total. The summed E-state index contributed by atoms with van der Waals surface area (Å²) in [5.74, 6) is -2.02. The number of hydrogen-bond donors (Lipinski definition) is 1. The molecule has 0 spiro atoms. The van der Waals surface area contributed by atoms with Crippen LogP contribution >= 0.6 is 27.3 Å². The number of aryl methyl sites for hydroxylation is 1. The van der Waals surface area contributed by atoms with E-state index in [4.69, 9.17) is 9.47 Å². The Morgan fingerprint density at radius 2 is 1.84 bits per heavy atom. The molecule has 0 saturated heterocycles. The van der Waals surface area contributed by atoms with E-state index in [-0.39, 0.29) is 38.8 Å². The van der Waals surface area contributed by atoms with Gasteiger partial charge in [-0.1, -0.05) is 0 Å². The van der Waals surface area contributed by atoms with E-state index < -0.39 is 29.7 Å². The van der Waals surface area contributed by atoms with Crippen molar-refractivity contribution in [3.05, 3.63) is 31.9 Å². The van der Waals surface area contributed by atoms with E-state index in [1.165, 1.54) is 18.7 Å². The Kier molecular flexibility index (Phi) is 6.98. The maximum absolute atomic E-state index is 13.2. The molecule has 1 fully saturated rings. The zero-order chi connectivity index (χ0) is 23.8. The molecule has 2 aromatic heterocycles. The zero-order valence-corrected chi connectivity index (χ0v) is 19.7. The first-order chi connectivity index (χ1) is 15.0. The Morgan fingerprint density at radius 3 is 2.38 bits per heavy atom. The van der Waals surface area contributed by atoms with Gasteiger partial charge < -0.3 is 14.8 Å². The van der Waals surface area contributed by atoms with Crippen molar-refractivity contribution in [3.8, 4) is 0 Å². The van der Waals surface area contributed by atoms with Gasteiger partial charge in [0, 0.05) is 12.3 Å². The fourth-order valence-corrected chi connectivity index (χ4v) is 5.15. The molecule has 0 radical (unpaired) electrons. The molecule has 1 aliphatic rings. The molecule has 0 atom stereocenters. The molecular weight excluding hydrogens is 519 g/mol. The number of halogens is 4.